The van der Waals surface area contributed by atoms with E-state index in [1.165, 1.54) is 0 Å². The lowest BCUT2D eigenvalue weighted by Crippen LogP contribution is -2.33. The summed E-state index contributed by atoms with van der Waals surface area (Å²) >= 11 is 0. The van der Waals surface area contributed by atoms with E-state index in [4.69, 9.17) is 0 Å². The van der Waals surface area contributed by atoms with Crippen LogP contribution in [0, 0.1) is 12.8 Å². The molecule has 0 aliphatic carbocycles. The molecule has 1 saturated heterocycles. The smallest absolute Gasteiger partial charge is 0.228 e. The second-order valence-electron chi connectivity index (χ2n) is 6.49. The quantitative estimate of drug-likeness (QED) is 0.898. The lowest BCUT2D eigenvalue weighted by Gasteiger charge is -2.22. The minimum absolute atomic E-state index is 0.172. The maximum atomic E-state index is 12.5. The summed E-state index contributed by atoms with van der Waals surface area (Å²) in [5, 5.41) is 7.55. The first-order valence-electron chi connectivity index (χ1n) is 8.33. The van der Waals surface area contributed by atoms with Crippen molar-refractivity contribution in [2.24, 2.45) is 13.0 Å². The first-order valence-corrected chi connectivity index (χ1v) is 8.33. The highest BCUT2D eigenvalue weighted by molar-refractivity contribution is 5.78. The molecule has 0 aromatic carbocycles. The number of carbonyl (C=O) groups excluding carboxylic acids is 1. The van der Waals surface area contributed by atoms with E-state index >= 15 is 0 Å². The van der Waals surface area contributed by atoms with Crippen molar-refractivity contribution >= 4 is 11.7 Å². The third-order valence-corrected chi connectivity index (χ3v) is 4.72. The Morgan fingerprint density at radius 3 is 3.00 bits per heavy atom. The Morgan fingerprint density at radius 2 is 2.29 bits per heavy atom. The van der Waals surface area contributed by atoms with Crippen molar-refractivity contribution in [1.29, 1.82) is 0 Å². The van der Waals surface area contributed by atoms with Crippen LogP contribution in [0.3, 0.4) is 0 Å². The van der Waals surface area contributed by atoms with Crippen molar-refractivity contribution < 1.29 is 4.79 Å². The number of carbonyl (C=O) groups is 1. The zero-order chi connectivity index (χ0) is 17.1. The topological polar surface area (TPSA) is 75.9 Å². The molecule has 0 bridgehead atoms. The van der Waals surface area contributed by atoms with Crippen molar-refractivity contribution in [3.63, 3.8) is 0 Å². The molecular weight excluding hydrogens is 304 g/mol. The van der Waals surface area contributed by atoms with E-state index in [1.807, 2.05) is 31.0 Å². The molecule has 2 unspecified atom stereocenters. The van der Waals surface area contributed by atoms with Gasteiger partial charge < -0.3 is 10.2 Å². The van der Waals surface area contributed by atoms with Crippen LogP contribution in [0.15, 0.2) is 24.7 Å². The average molecular weight is 328 g/mol. The molecule has 0 radical (unpaired) electrons. The maximum Gasteiger partial charge on any atom is 0.228 e. The fourth-order valence-electron chi connectivity index (χ4n) is 3.15. The third-order valence-electron chi connectivity index (χ3n) is 4.72. The lowest BCUT2D eigenvalue weighted by atomic mass is 10.0. The number of amides is 1. The van der Waals surface area contributed by atoms with Gasteiger partial charge in [-0.25, -0.2) is 9.97 Å². The third kappa shape index (κ3) is 3.72. The lowest BCUT2D eigenvalue weighted by molar-refractivity contribution is -0.129. The molecule has 2 aromatic heterocycles. The summed E-state index contributed by atoms with van der Waals surface area (Å²) in [6, 6.07) is 4.10. The molecular formula is C17H24N6O. The standard InChI is InChI=1S/C17H24N6O/c1-12-8-16(19-11-18-12)21-13(2)14-5-7-23(10-14)17(24)9-15-4-6-20-22(15)3/h4,6,8,11,13-14H,5,7,9-10H2,1-3H3,(H,18,19,21). The zero-order valence-corrected chi connectivity index (χ0v) is 14.4. The van der Waals surface area contributed by atoms with Gasteiger partial charge in [0, 0.05) is 49.8 Å². The van der Waals surface area contributed by atoms with Crippen molar-refractivity contribution in [3.05, 3.63) is 36.0 Å². The Balaban J connectivity index is 1.54. The largest absolute Gasteiger partial charge is 0.367 e. The van der Waals surface area contributed by atoms with Gasteiger partial charge in [0.2, 0.25) is 5.91 Å². The number of nitrogens with zero attached hydrogens (tertiary/aromatic N) is 5. The van der Waals surface area contributed by atoms with Gasteiger partial charge in [-0.05, 0) is 32.3 Å². The van der Waals surface area contributed by atoms with Crippen LogP contribution < -0.4 is 5.32 Å². The van der Waals surface area contributed by atoms with Crippen molar-refractivity contribution in [2.45, 2.75) is 32.7 Å². The first kappa shape index (κ1) is 16.4. The molecule has 7 heteroatoms. The fourth-order valence-corrected chi connectivity index (χ4v) is 3.15. The van der Waals surface area contributed by atoms with Gasteiger partial charge in [0.15, 0.2) is 0 Å². The normalized spacial score (nSPS) is 18.6. The monoisotopic (exact) mass is 328 g/mol. The Morgan fingerprint density at radius 1 is 1.46 bits per heavy atom. The summed E-state index contributed by atoms with van der Waals surface area (Å²) in [6.45, 7) is 5.70. The highest BCUT2D eigenvalue weighted by Gasteiger charge is 2.30. The molecule has 3 heterocycles. The summed E-state index contributed by atoms with van der Waals surface area (Å²) in [5.74, 6) is 1.44. The molecule has 1 fully saturated rings. The summed E-state index contributed by atoms with van der Waals surface area (Å²) < 4.78 is 1.76. The summed E-state index contributed by atoms with van der Waals surface area (Å²) in [4.78, 5) is 22.8. The molecule has 3 rings (SSSR count). The Hall–Kier alpha value is -2.44. The molecule has 128 valence electrons. The fraction of sp³-hybridized carbons (Fsp3) is 0.529. The van der Waals surface area contributed by atoms with Crippen molar-refractivity contribution in [1.82, 2.24) is 24.6 Å². The van der Waals surface area contributed by atoms with Gasteiger partial charge in [-0.3, -0.25) is 9.48 Å². The SMILES string of the molecule is Cc1cc(NC(C)C2CCN(C(=O)Cc3ccnn3C)C2)ncn1. The van der Waals surface area contributed by atoms with Crippen LogP contribution in [0.1, 0.15) is 24.7 Å². The number of hydrogen-bond acceptors (Lipinski definition) is 5. The number of nitrogens with one attached hydrogen (secondary N) is 1. The second kappa shape index (κ2) is 6.98. The number of rotatable bonds is 5. The highest BCUT2D eigenvalue weighted by atomic mass is 16.2. The van der Waals surface area contributed by atoms with E-state index in [0.717, 1.165) is 36.7 Å². The Kier molecular flexibility index (Phi) is 4.78. The molecule has 2 atom stereocenters. The van der Waals surface area contributed by atoms with E-state index in [2.05, 4.69) is 27.3 Å². The molecule has 1 aliphatic heterocycles. The Labute approximate surface area is 142 Å². The van der Waals surface area contributed by atoms with Gasteiger partial charge >= 0.3 is 0 Å². The van der Waals surface area contributed by atoms with Gasteiger partial charge in [-0.1, -0.05) is 0 Å². The first-order chi connectivity index (χ1) is 11.5. The van der Waals surface area contributed by atoms with Crippen LogP contribution in [0.5, 0.6) is 0 Å². The minimum Gasteiger partial charge on any atom is -0.367 e. The maximum absolute atomic E-state index is 12.5. The molecule has 0 saturated carbocycles. The van der Waals surface area contributed by atoms with Gasteiger partial charge in [-0.15, -0.1) is 0 Å². The van der Waals surface area contributed by atoms with Gasteiger partial charge in [0.25, 0.3) is 0 Å². The average Bonchev–Trinajstić information content (AvgIpc) is 3.17. The van der Waals surface area contributed by atoms with Gasteiger partial charge in [0.05, 0.1) is 6.42 Å². The van der Waals surface area contributed by atoms with Crippen molar-refractivity contribution in [3.8, 4) is 0 Å². The van der Waals surface area contributed by atoms with Crippen molar-refractivity contribution in [2.75, 3.05) is 18.4 Å². The number of aryl methyl sites for hydroxylation is 2. The van der Waals surface area contributed by atoms with Crippen LogP contribution >= 0.6 is 0 Å². The molecule has 2 aromatic rings. The molecule has 1 N–H and O–H groups in total. The van der Waals surface area contributed by atoms with Crippen LogP contribution in [-0.4, -0.2) is 49.7 Å². The van der Waals surface area contributed by atoms with Gasteiger partial charge in [-0.2, -0.15) is 5.10 Å². The van der Waals surface area contributed by atoms with E-state index in [9.17, 15) is 4.79 Å². The predicted octanol–water partition coefficient (Wildman–Crippen LogP) is 1.41. The summed E-state index contributed by atoms with van der Waals surface area (Å²) in [7, 11) is 1.87. The molecule has 7 nitrogen and oxygen atoms in total. The summed E-state index contributed by atoms with van der Waals surface area (Å²) in [6.07, 6.45) is 4.72. The number of likely N-dealkylation sites (tertiary alicyclic amines) is 1. The number of hydrogen-bond donors (Lipinski definition) is 1. The predicted molar refractivity (Wildman–Crippen MR) is 91.5 cm³/mol. The Bertz CT molecular complexity index is 713. The number of anilines is 1. The van der Waals surface area contributed by atoms with Crippen LogP contribution in [0.4, 0.5) is 5.82 Å². The van der Waals surface area contributed by atoms with E-state index in [-0.39, 0.29) is 11.9 Å². The van der Waals surface area contributed by atoms with Crippen LogP contribution in [0.25, 0.3) is 0 Å². The van der Waals surface area contributed by atoms with E-state index in [0.29, 0.717) is 12.3 Å². The molecule has 1 aliphatic rings. The number of aromatic nitrogens is 4. The zero-order valence-electron chi connectivity index (χ0n) is 14.4. The molecule has 24 heavy (non-hydrogen) atoms. The molecule has 0 spiro atoms. The van der Waals surface area contributed by atoms with Crippen LogP contribution in [0.2, 0.25) is 0 Å². The minimum atomic E-state index is 0.172. The van der Waals surface area contributed by atoms with Gasteiger partial charge in [0.1, 0.15) is 12.1 Å². The second-order valence-corrected chi connectivity index (χ2v) is 6.49. The highest BCUT2D eigenvalue weighted by Crippen LogP contribution is 2.22. The van der Waals surface area contributed by atoms with E-state index < -0.39 is 0 Å². The molecule has 1 amide bonds. The van der Waals surface area contributed by atoms with Crippen LogP contribution in [-0.2, 0) is 18.3 Å². The van der Waals surface area contributed by atoms with E-state index in [1.54, 1.807) is 17.2 Å². The summed E-state index contributed by atoms with van der Waals surface area (Å²) in [5.41, 5.74) is 1.89.